The van der Waals surface area contributed by atoms with Crippen molar-refractivity contribution in [2.45, 2.75) is 57.5 Å². The summed E-state index contributed by atoms with van der Waals surface area (Å²) in [5.41, 5.74) is 2.28. The summed E-state index contributed by atoms with van der Waals surface area (Å²) >= 11 is 0. The Balaban J connectivity index is 1.37. The highest BCUT2D eigenvalue weighted by atomic mass is 16.3. The number of hydrogen-bond donors (Lipinski definition) is 1. The van der Waals surface area contributed by atoms with Gasteiger partial charge in [-0.1, -0.05) is 31.4 Å². The molecule has 5 rings (SSSR count). The first-order valence-corrected chi connectivity index (χ1v) is 11.3. The normalized spacial score (nSPS) is 20.5. The Labute approximate surface area is 177 Å². The molecule has 3 aromatic rings. The third kappa shape index (κ3) is 3.83. The second kappa shape index (κ2) is 8.54. The van der Waals surface area contributed by atoms with Crippen molar-refractivity contribution in [1.29, 1.82) is 0 Å². The SMILES string of the molecule is O=C(NCc1ccco1)[C@@H]1CCCN(c2nc3ccccc3n2C2CCCCC2)C1. The predicted molar refractivity (Wildman–Crippen MR) is 117 cm³/mol. The number of carbonyl (C=O) groups is 1. The molecule has 0 radical (unpaired) electrons. The van der Waals surface area contributed by atoms with Crippen LogP contribution in [0.3, 0.4) is 0 Å². The molecule has 158 valence electrons. The smallest absolute Gasteiger partial charge is 0.225 e. The molecule has 1 amide bonds. The van der Waals surface area contributed by atoms with E-state index in [2.05, 4.69) is 39.0 Å². The highest BCUT2D eigenvalue weighted by Crippen LogP contribution is 2.36. The van der Waals surface area contributed by atoms with Gasteiger partial charge in [-0.25, -0.2) is 4.98 Å². The van der Waals surface area contributed by atoms with Crippen molar-refractivity contribution >= 4 is 22.9 Å². The molecule has 1 aliphatic heterocycles. The zero-order valence-electron chi connectivity index (χ0n) is 17.4. The van der Waals surface area contributed by atoms with E-state index in [-0.39, 0.29) is 11.8 Å². The van der Waals surface area contributed by atoms with Gasteiger partial charge < -0.3 is 19.2 Å². The largest absolute Gasteiger partial charge is 0.467 e. The van der Waals surface area contributed by atoms with Gasteiger partial charge in [-0.15, -0.1) is 0 Å². The number of para-hydroxylation sites is 2. The molecule has 0 unspecified atom stereocenters. The quantitative estimate of drug-likeness (QED) is 0.669. The van der Waals surface area contributed by atoms with Crippen LogP contribution >= 0.6 is 0 Å². The minimum Gasteiger partial charge on any atom is -0.467 e. The Morgan fingerprint density at radius 2 is 1.93 bits per heavy atom. The Kier molecular flexibility index (Phi) is 5.47. The van der Waals surface area contributed by atoms with Crippen LogP contribution in [0.1, 0.15) is 56.7 Å². The van der Waals surface area contributed by atoms with Crippen LogP contribution in [0.25, 0.3) is 11.0 Å². The van der Waals surface area contributed by atoms with E-state index in [1.807, 2.05) is 12.1 Å². The lowest BCUT2D eigenvalue weighted by Crippen LogP contribution is -2.44. The molecule has 1 aromatic carbocycles. The van der Waals surface area contributed by atoms with Gasteiger partial charge in [0, 0.05) is 19.1 Å². The van der Waals surface area contributed by atoms with Crippen LogP contribution in [-0.2, 0) is 11.3 Å². The van der Waals surface area contributed by atoms with Crippen LogP contribution in [0.4, 0.5) is 5.95 Å². The highest BCUT2D eigenvalue weighted by Gasteiger charge is 2.30. The maximum atomic E-state index is 12.8. The average Bonchev–Trinajstić information content (AvgIpc) is 3.46. The lowest BCUT2D eigenvalue weighted by Gasteiger charge is -2.35. The molecule has 1 atom stereocenters. The van der Waals surface area contributed by atoms with E-state index in [0.29, 0.717) is 12.6 Å². The van der Waals surface area contributed by atoms with Gasteiger partial charge in [0.15, 0.2) is 0 Å². The van der Waals surface area contributed by atoms with Crippen molar-refractivity contribution in [1.82, 2.24) is 14.9 Å². The Morgan fingerprint density at radius 3 is 2.77 bits per heavy atom. The highest BCUT2D eigenvalue weighted by molar-refractivity contribution is 5.81. The van der Waals surface area contributed by atoms with Gasteiger partial charge in [-0.3, -0.25) is 4.79 Å². The van der Waals surface area contributed by atoms with Crippen LogP contribution in [0.15, 0.2) is 47.1 Å². The number of imidazole rings is 1. The van der Waals surface area contributed by atoms with Gasteiger partial charge in [-0.2, -0.15) is 0 Å². The first-order valence-electron chi connectivity index (χ1n) is 11.3. The van der Waals surface area contributed by atoms with Gasteiger partial charge in [0.2, 0.25) is 11.9 Å². The molecule has 2 fully saturated rings. The van der Waals surface area contributed by atoms with Crippen molar-refractivity contribution < 1.29 is 9.21 Å². The second-order valence-electron chi connectivity index (χ2n) is 8.64. The number of rotatable bonds is 5. The molecule has 30 heavy (non-hydrogen) atoms. The summed E-state index contributed by atoms with van der Waals surface area (Å²) in [6.45, 7) is 2.13. The van der Waals surface area contributed by atoms with E-state index in [1.54, 1.807) is 6.26 Å². The summed E-state index contributed by atoms with van der Waals surface area (Å²) in [5.74, 6) is 1.92. The molecule has 1 aliphatic carbocycles. The predicted octanol–water partition coefficient (Wildman–Crippen LogP) is 4.67. The number of aromatic nitrogens is 2. The van der Waals surface area contributed by atoms with Crippen LogP contribution in [-0.4, -0.2) is 28.5 Å². The molecule has 1 saturated heterocycles. The molecule has 0 bridgehead atoms. The fourth-order valence-corrected chi connectivity index (χ4v) is 5.06. The molecule has 2 aliphatic rings. The number of nitrogens with zero attached hydrogens (tertiary/aromatic N) is 3. The number of benzene rings is 1. The fourth-order valence-electron chi connectivity index (χ4n) is 5.06. The van der Waals surface area contributed by atoms with Gasteiger partial charge >= 0.3 is 0 Å². The molecule has 1 N–H and O–H groups in total. The van der Waals surface area contributed by atoms with Gasteiger partial charge in [0.25, 0.3) is 0 Å². The third-order valence-electron chi connectivity index (χ3n) is 6.61. The molecule has 6 heteroatoms. The summed E-state index contributed by atoms with van der Waals surface area (Å²) in [4.78, 5) is 20.2. The van der Waals surface area contributed by atoms with Crippen LogP contribution in [0.5, 0.6) is 0 Å². The van der Waals surface area contributed by atoms with Crippen LogP contribution in [0.2, 0.25) is 0 Å². The van der Waals surface area contributed by atoms with E-state index in [1.165, 1.54) is 37.6 Å². The molecular weight excluding hydrogens is 376 g/mol. The fraction of sp³-hybridized carbons (Fsp3) is 0.500. The van der Waals surface area contributed by atoms with Crippen LogP contribution < -0.4 is 10.2 Å². The van der Waals surface area contributed by atoms with Crippen molar-refractivity contribution in [3.05, 3.63) is 48.4 Å². The van der Waals surface area contributed by atoms with Crippen molar-refractivity contribution in [2.75, 3.05) is 18.0 Å². The average molecular weight is 407 g/mol. The van der Waals surface area contributed by atoms with Crippen molar-refractivity contribution in [3.63, 3.8) is 0 Å². The summed E-state index contributed by atoms with van der Waals surface area (Å²) in [6, 6.07) is 12.7. The van der Waals surface area contributed by atoms with Gasteiger partial charge in [0.1, 0.15) is 5.76 Å². The first kappa shape index (κ1) is 19.2. The van der Waals surface area contributed by atoms with Gasteiger partial charge in [-0.05, 0) is 49.9 Å². The minimum absolute atomic E-state index is 0.0201. The van der Waals surface area contributed by atoms with E-state index in [9.17, 15) is 4.79 Å². The molecule has 6 nitrogen and oxygen atoms in total. The summed E-state index contributed by atoms with van der Waals surface area (Å²) in [7, 11) is 0. The second-order valence-corrected chi connectivity index (χ2v) is 8.64. The van der Waals surface area contributed by atoms with E-state index in [4.69, 9.17) is 9.40 Å². The number of amides is 1. The Hall–Kier alpha value is -2.76. The van der Waals surface area contributed by atoms with Crippen molar-refractivity contribution in [2.24, 2.45) is 5.92 Å². The molecule has 3 heterocycles. The standard InChI is InChI=1S/C24H30N4O2/c29-23(25-16-20-11-7-15-30-20)18-8-6-14-27(17-18)24-26-21-12-4-5-13-22(21)28(24)19-9-2-1-3-10-19/h4-5,7,11-13,15,18-19H,1-3,6,8-10,14,16-17H2,(H,25,29)/t18-/m1/s1. The topological polar surface area (TPSA) is 63.3 Å². The lowest BCUT2D eigenvalue weighted by atomic mass is 9.95. The van der Waals surface area contributed by atoms with E-state index in [0.717, 1.165) is 43.2 Å². The Morgan fingerprint density at radius 1 is 1.07 bits per heavy atom. The van der Waals surface area contributed by atoms with Gasteiger partial charge in [0.05, 0.1) is 29.8 Å². The summed E-state index contributed by atoms with van der Waals surface area (Å²) < 4.78 is 7.81. The summed E-state index contributed by atoms with van der Waals surface area (Å²) in [5, 5.41) is 3.04. The Bertz CT molecular complexity index is 988. The third-order valence-corrected chi connectivity index (χ3v) is 6.61. The summed E-state index contributed by atoms with van der Waals surface area (Å²) in [6.07, 6.45) is 9.90. The number of carbonyl (C=O) groups excluding carboxylic acids is 1. The molecule has 1 saturated carbocycles. The maximum absolute atomic E-state index is 12.8. The lowest BCUT2D eigenvalue weighted by molar-refractivity contribution is -0.125. The monoisotopic (exact) mass is 406 g/mol. The minimum atomic E-state index is -0.0201. The number of furan rings is 1. The van der Waals surface area contributed by atoms with E-state index >= 15 is 0 Å². The number of anilines is 1. The van der Waals surface area contributed by atoms with Crippen molar-refractivity contribution in [3.8, 4) is 0 Å². The molecule has 2 aromatic heterocycles. The number of piperidine rings is 1. The maximum Gasteiger partial charge on any atom is 0.225 e. The molecular formula is C24H30N4O2. The number of hydrogen-bond acceptors (Lipinski definition) is 4. The number of fused-ring (bicyclic) bond motifs is 1. The zero-order valence-corrected chi connectivity index (χ0v) is 17.4. The first-order chi connectivity index (χ1) is 14.8. The zero-order chi connectivity index (χ0) is 20.3. The number of nitrogens with one attached hydrogen (secondary N) is 1. The van der Waals surface area contributed by atoms with Crippen LogP contribution in [0, 0.1) is 5.92 Å². The molecule has 0 spiro atoms. The van der Waals surface area contributed by atoms with E-state index < -0.39 is 0 Å².